The number of hydrogen-bond donors (Lipinski definition) is 1. The van der Waals surface area contributed by atoms with Crippen molar-refractivity contribution in [2.24, 2.45) is 7.05 Å². The molecule has 0 aromatic carbocycles. The minimum atomic E-state index is -3.41. The molecule has 0 atom stereocenters. The van der Waals surface area contributed by atoms with Crippen LogP contribution < -0.4 is 4.72 Å². The van der Waals surface area contributed by atoms with Crippen molar-refractivity contribution in [3.05, 3.63) is 11.8 Å². The van der Waals surface area contributed by atoms with Gasteiger partial charge in [0.2, 0.25) is 10.0 Å². The quantitative estimate of drug-likeness (QED) is 0.870. The van der Waals surface area contributed by atoms with Crippen LogP contribution in [0.15, 0.2) is 6.20 Å². The number of rotatable bonds is 3. The smallest absolute Gasteiger partial charge is 0.236 e. The van der Waals surface area contributed by atoms with Crippen LogP contribution >= 0.6 is 0 Å². The highest BCUT2D eigenvalue weighted by atomic mass is 32.2. The summed E-state index contributed by atoms with van der Waals surface area (Å²) in [5, 5.41) is 12.4. The number of hydrogen-bond acceptors (Lipinski definition) is 4. The second-order valence-electron chi connectivity index (χ2n) is 4.23. The molecule has 0 radical (unpaired) electrons. The molecule has 0 saturated heterocycles. The fourth-order valence-corrected chi connectivity index (χ4v) is 3.60. The van der Waals surface area contributed by atoms with Gasteiger partial charge in [0.1, 0.15) is 11.6 Å². The predicted octanol–water partition coefficient (Wildman–Crippen LogP) is 0.976. The normalized spacial score (nSPS) is 16.9. The van der Waals surface area contributed by atoms with Gasteiger partial charge in [-0.15, -0.1) is 0 Å². The highest BCUT2D eigenvalue weighted by Crippen LogP contribution is 2.26. The minimum absolute atomic E-state index is 0.127. The Labute approximate surface area is 100 Å². The second-order valence-corrected chi connectivity index (χ2v) is 6.19. The summed E-state index contributed by atoms with van der Waals surface area (Å²) in [4.78, 5) is 0. The van der Waals surface area contributed by atoms with Gasteiger partial charge in [-0.3, -0.25) is 9.40 Å². The summed E-state index contributed by atoms with van der Waals surface area (Å²) >= 11 is 0. The second kappa shape index (κ2) is 4.37. The molecule has 1 aromatic rings. The zero-order valence-corrected chi connectivity index (χ0v) is 10.4. The van der Waals surface area contributed by atoms with Crippen LogP contribution in [0, 0.1) is 11.3 Å². The fourth-order valence-electron chi connectivity index (χ4n) is 2.06. The summed E-state index contributed by atoms with van der Waals surface area (Å²) in [5.74, 6) is 0.127. The molecule has 1 N–H and O–H groups in total. The van der Waals surface area contributed by atoms with E-state index in [2.05, 4.69) is 9.82 Å². The largest absolute Gasteiger partial charge is 0.272 e. The lowest BCUT2D eigenvalue weighted by Crippen LogP contribution is -2.25. The van der Waals surface area contributed by atoms with Gasteiger partial charge in [0.05, 0.1) is 5.25 Å². The van der Waals surface area contributed by atoms with Crippen molar-refractivity contribution in [3.8, 4) is 6.07 Å². The molecule has 1 aliphatic rings. The lowest BCUT2D eigenvalue weighted by atomic mass is 10.4. The molecule has 2 rings (SSSR count). The van der Waals surface area contributed by atoms with Gasteiger partial charge < -0.3 is 0 Å². The van der Waals surface area contributed by atoms with E-state index in [9.17, 15) is 8.42 Å². The Kier molecular flexibility index (Phi) is 3.07. The van der Waals surface area contributed by atoms with Gasteiger partial charge in [-0.05, 0) is 12.8 Å². The molecule has 1 heterocycles. The summed E-state index contributed by atoms with van der Waals surface area (Å²) in [5.41, 5.74) is 0.245. The SMILES string of the molecule is Cn1cc(C#N)c(NS(=O)(=O)C2CCCC2)n1. The van der Waals surface area contributed by atoms with Gasteiger partial charge in [0, 0.05) is 13.2 Å². The lowest BCUT2D eigenvalue weighted by Gasteiger charge is -2.11. The predicted molar refractivity (Wildman–Crippen MR) is 62.7 cm³/mol. The number of anilines is 1. The third kappa shape index (κ3) is 2.42. The molecule has 0 bridgehead atoms. The third-order valence-corrected chi connectivity index (χ3v) is 4.76. The van der Waals surface area contributed by atoms with Crippen molar-refractivity contribution < 1.29 is 8.42 Å². The topological polar surface area (TPSA) is 87.8 Å². The van der Waals surface area contributed by atoms with Gasteiger partial charge in [0.15, 0.2) is 5.82 Å². The van der Waals surface area contributed by atoms with E-state index in [1.807, 2.05) is 6.07 Å². The highest BCUT2D eigenvalue weighted by molar-refractivity contribution is 7.93. The number of aryl methyl sites for hydroxylation is 1. The molecule has 1 aromatic heterocycles. The monoisotopic (exact) mass is 254 g/mol. The Balaban J connectivity index is 2.23. The van der Waals surface area contributed by atoms with Gasteiger partial charge in [0.25, 0.3) is 0 Å². The van der Waals surface area contributed by atoms with Crippen LogP contribution in [0.2, 0.25) is 0 Å². The third-order valence-electron chi connectivity index (χ3n) is 2.93. The molecular formula is C10H14N4O2S. The number of nitriles is 1. The van der Waals surface area contributed by atoms with E-state index < -0.39 is 10.0 Å². The van der Waals surface area contributed by atoms with Crippen LogP contribution in [0.25, 0.3) is 0 Å². The Morgan fingerprint density at radius 3 is 2.76 bits per heavy atom. The Hall–Kier alpha value is -1.55. The van der Waals surface area contributed by atoms with E-state index in [1.165, 1.54) is 10.9 Å². The maximum Gasteiger partial charge on any atom is 0.236 e. The highest BCUT2D eigenvalue weighted by Gasteiger charge is 2.29. The van der Waals surface area contributed by atoms with Crippen molar-refractivity contribution in [2.45, 2.75) is 30.9 Å². The molecule has 6 nitrogen and oxygen atoms in total. The van der Waals surface area contributed by atoms with Gasteiger partial charge in [-0.1, -0.05) is 12.8 Å². The molecule has 7 heteroatoms. The summed E-state index contributed by atoms with van der Waals surface area (Å²) in [7, 11) is -1.76. The molecule has 1 saturated carbocycles. The first kappa shape index (κ1) is 11.9. The van der Waals surface area contributed by atoms with Crippen LogP contribution in [-0.4, -0.2) is 23.4 Å². The maximum absolute atomic E-state index is 12.0. The van der Waals surface area contributed by atoms with Crippen molar-refractivity contribution in [2.75, 3.05) is 4.72 Å². The van der Waals surface area contributed by atoms with E-state index in [4.69, 9.17) is 5.26 Å². The van der Waals surface area contributed by atoms with E-state index in [1.54, 1.807) is 7.05 Å². The standard InChI is InChI=1S/C10H14N4O2S/c1-14-7-8(6-11)10(12-14)13-17(15,16)9-4-2-3-5-9/h7,9H,2-5H2,1H3,(H,12,13). The molecule has 0 spiro atoms. The first-order chi connectivity index (χ1) is 8.03. The molecule has 17 heavy (non-hydrogen) atoms. The minimum Gasteiger partial charge on any atom is -0.272 e. The Morgan fingerprint density at radius 1 is 1.53 bits per heavy atom. The van der Waals surface area contributed by atoms with Crippen LogP contribution in [0.1, 0.15) is 31.2 Å². The zero-order chi connectivity index (χ0) is 12.5. The van der Waals surface area contributed by atoms with Crippen LogP contribution in [0.3, 0.4) is 0 Å². The van der Waals surface area contributed by atoms with E-state index in [0.717, 1.165) is 12.8 Å². The summed E-state index contributed by atoms with van der Waals surface area (Å²) in [6, 6.07) is 1.92. The van der Waals surface area contributed by atoms with Gasteiger partial charge >= 0.3 is 0 Å². The number of sulfonamides is 1. The summed E-state index contributed by atoms with van der Waals surface area (Å²) in [6.45, 7) is 0. The van der Waals surface area contributed by atoms with Crippen LogP contribution in [-0.2, 0) is 17.1 Å². The van der Waals surface area contributed by atoms with Gasteiger partial charge in [-0.25, -0.2) is 8.42 Å². The molecular weight excluding hydrogens is 240 g/mol. The van der Waals surface area contributed by atoms with E-state index in [-0.39, 0.29) is 16.6 Å². The van der Waals surface area contributed by atoms with Gasteiger partial charge in [-0.2, -0.15) is 10.4 Å². The number of aromatic nitrogens is 2. The van der Waals surface area contributed by atoms with E-state index in [0.29, 0.717) is 12.8 Å². The van der Waals surface area contributed by atoms with Crippen molar-refractivity contribution in [1.82, 2.24) is 9.78 Å². The average molecular weight is 254 g/mol. The number of nitrogens with zero attached hydrogens (tertiary/aromatic N) is 3. The first-order valence-corrected chi connectivity index (χ1v) is 7.03. The van der Waals surface area contributed by atoms with Crippen molar-refractivity contribution in [3.63, 3.8) is 0 Å². The molecule has 92 valence electrons. The number of nitrogens with one attached hydrogen (secondary N) is 1. The maximum atomic E-state index is 12.0. The summed E-state index contributed by atoms with van der Waals surface area (Å²) in [6.07, 6.45) is 4.75. The lowest BCUT2D eigenvalue weighted by molar-refractivity contribution is 0.585. The first-order valence-electron chi connectivity index (χ1n) is 5.48. The average Bonchev–Trinajstić information content (AvgIpc) is 2.86. The van der Waals surface area contributed by atoms with E-state index >= 15 is 0 Å². The Bertz CT molecular complexity index is 549. The zero-order valence-electron chi connectivity index (χ0n) is 9.55. The molecule has 0 aliphatic heterocycles. The van der Waals surface area contributed by atoms with Crippen LogP contribution in [0.5, 0.6) is 0 Å². The molecule has 1 aliphatic carbocycles. The Morgan fingerprint density at radius 2 is 2.18 bits per heavy atom. The fraction of sp³-hybridized carbons (Fsp3) is 0.600. The molecule has 1 fully saturated rings. The van der Waals surface area contributed by atoms with Crippen molar-refractivity contribution >= 4 is 15.8 Å². The molecule has 0 amide bonds. The van der Waals surface area contributed by atoms with Crippen molar-refractivity contribution in [1.29, 1.82) is 5.26 Å². The van der Waals surface area contributed by atoms with Crippen LogP contribution in [0.4, 0.5) is 5.82 Å². The summed E-state index contributed by atoms with van der Waals surface area (Å²) < 4.78 is 27.9. The molecule has 0 unspecified atom stereocenters.